The van der Waals surface area contributed by atoms with Gasteiger partial charge in [0.25, 0.3) is 5.91 Å². The summed E-state index contributed by atoms with van der Waals surface area (Å²) in [5.74, 6) is 0.804. The van der Waals surface area contributed by atoms with Gasteiger partial charge in [-0.05, 0) is 30.0 Å². The number of amides is 1. The van der Waals surface area contributed by atoms with Crippen LogP contribution in [0, 0.1) is 5.92 Å². The van der Waals surface area contributed by atoms with E-state index in [0.29, 0.717) is 12.5 Å². The lowest BCUT2D eigenvalue weighted by Gasteiger charge is -2.35. The highest BCUT2D eigenvalue weighted by atomic mass is 16.5. The third-order valence-electron chi connectivity index (χ3n) is 4.64. The van der Waals surface area contributed by atoms with Gasteiger partial charge < -0.3 is 15.4 Å². The summed E-state index contributed by atoms with van der Waals surface area (Å²) in [6.45, 7) is 6.96. The first-order valence-corrected chi connectivity index (χ1v) is 8.14. The molecule has 120 valence electrons. The van der Waals surface area contributed by atoms with Crippen molar-refractivity contribution in [2.24, 2.45) is 11.7 Å². The zero-order valence-corrected chi connectivity index (χ0v) is 13.0. The summed E-state index contributed by atoms with van der Waals surface area (Å²) in [6.07, 6.45) is 1.17. The quantitative estimate of drug-likeness (QED) is 0.899. The highest BCUT2D eigenvalue weighted by Gasteiger charge is 2.25. The zero-order chi connectivity index (χ0) is 15.4. The van der Waals surface area contributed by atoms with Crippen LogP contribution < -0.4 is 5.73 Å². The summed E-state index contributed by atoms with van der Waals surface area (Å²) >= 11 is 0. The summed E-state index contributed by atoms with van der Waals surface area (Å²) in [5, 5.41) is 0. The van der Waals surface area contributed by atoms with Crippen LogP contribution in [0.1, 0.15) is 22.3 Å². The van der Waals surface area contributed by atoms with Crippen molar-refractivity contribution in [3.05, 3.63) is 35.4 Å². The molecule has 3 rings (SSSR count). The Balaban J connectivity index is 1.50. The van der Waals surface area contributed by atoms with Crippen molar-refractivity contribution < 1.29 is 9.53 Å². The van der Waals surface area contributed by atoms with E-state index in [-0.39, 0.29) is 5.91 Å². The molecule has 0 saturated carbocycles. The Bertz CT molecular complexity index is 489. The molecule has 0 aliphatic carbocycles. The number of carbonyl (C=O) groups excluding carboxylic acids is 1. The van der Waals surface area contributed by atoms with Gasteiger partial charge in [0.2, 0.25) is 0 Å². The number of carbonyl (C=O) groups is 1. The van der Waals surface area contributed by atoms with Gasteiger partial charge in [-0.1, -0.05) is 12.1 Å². The van der Waals surface area contributed by atoms with Crippen molar-refractivity contribution in [3.8, 4) is 0 Å². The van der Waals surface area contributed by atoms with Crippen molar-refractivity contribution in [3.63, 3.8) is 0 Å². The monoisotopic (exact) mass is 303 g/mol. The number of benzene rings is 1. The highest BCUT2D eigenvalue weighted by molar-refractivity contribution is 5.94. The Labute approximate surface area is 132 Å². The molecule has 1 amide bonds. The van der Waals surface area contributed by atoms with Crippen LogP contribution in [-0.4, -0.2) is 61.6 Å². The van der Waals surface area contributed by atoms with Crippen molar-refractivity contribution in [1.29, 1.82) is 0 Å². The van der Waals surface area contributed by atoms with E-state index in [1.807, 2.05) is 29.2 Å². The number of nitrogens with zero attached hydrogens (tertiary/aromatic N) is 2. The minimum Gasteiger partial charge on any atom is -0.381 e. The molecule has 2 heterocycles. The normalized spacial score (nSPS) is 23.0. The second kappa shape index (κ2) is 7.22. The first kappa shape index (κ1) is 15.5. The number of ether oxygens (including phenoxy) is 1. The van der Waals surface area contributed by atoms with Crippen LogP contribution in [0.2, 0.25) is 0 Å². The van der Waals surface area contributed by atoms with Gasteiger partial charge in [-0.25, -0.2) is 0 Å². The molecule has 1 aromatic rings. The average Bonchev–Trinajstić information content (AvgIpc) is 3.08. The van der Waals surface area contributed by atoms with Crippen LogP contribution in [0.3, 0.4) is 0 Å². The van der Waals surface area contributed by atoms with E-state index < -0.39 is 0 Å². The van der Waals surface area contributed by atoms with Crippen LogP contribution in [0.4, 0.5) is 0 Å². The molecule has 0 aromatic heterocycles. The van der Waals surface area contributed by atoms with E-state index >= 15 is 0 Å². The van der Waals surface area contributed by atoms with Gasteiger partial charge in [0.05, 0.1) is 6.61 Å². The molecule has 2 aliphatic rings. The van der Waals surface area contributed by atoms with Crippen LogP contribution in [0.25, 0.3) is 0 Å². The van der Waals surface area contributed by atoms with E-state index in [1.165, 1.54) is 6.42 Å². The molecule has 2 N–H and O–H groups in total. The Morgan fingerprint density at radius 3 is 2.50 bits per heavy atom. The largest absolute Gasteiger partial charge is 0.381 e. The average molecular weight is 303 g/mol. The smallest absolute Gasteiger partial charge is 0.253 e. The fraction of sp³-hybridized carbons (Fsp3) is 0.588. The van der Waals surface area contributed by atoms with E-state index in [0.717, 1.165) is 57.1 Å². The lowest BCUT2D eigenvalue weighted by Crippen LogP contribution is -2.49. The molecule has 1 aromatic carbocycles. The van der Waals surface area contributed by atoms with E-state index in [4.69, 9.17) is 10.5 Å². The second-order valence-corrected chi connectivity index (χ2v) is 6.22. The molecular formula is C17H25N3O2. The first-order chi connectivity index (χ1) is 10.8. The molecule has 2 aliphatic heterocycles. The summed E-state index contributed by atoms with van der Waals surface area (Å²) in [6, 6.07) is 7.63. The van der Waals surface area contributed by atoms with Gasteiger partial charge >= 0.3 is 0 Å². The minimum atomic E-state index is 0.132. The number of nitrogens with two attached hydrogens (primary N) is 1. The molecule has 22 heavy (non-hydrogen) atoms. The topological polar surface area (TPSA) is 58.8 Å². The molecule has 0 radical (unpaired) electrons. The zero-order valence-electron chi connectivity index (χ0n) is 13.0. The number of hydrogen-bond acceptors (Lipinski definition) is 4. The Morgan fingerprint density at radius 2 is 1.91 bits per heavy atom. The Hall–Kier alpha value is -1.43. The highest BCUT2D eigenvalue weighted by Crippen LogP contribution is 2.16. The molecule has 0 bridgehead atoms. The maximum absolute atomic E-state index is 12.5. The van der Waals surface area contributed by atoms with E-state index in [1.54, 1.807) is 0 Å². The third kappa shape index (κ3) is 3.66. The maximum atomic E-state index is 12.5. The van der Waals surface area contributed by atoms with Gasteiger partial charge in [0, 0.05) is 51.4 Å². The molecule has 5 nitrogen and oxygen atoms in total. The van der Waals surface area contributed by atoms with Crippen LogP contribution in [0.15, 0.2) is 24.3 Å². The van der Waals surface area contributed by atoms with Crippen LogP contribution >= 0.6 is 0 Å². The fourth-order valence-corrected chi connectivity index (χ4v) is 3.19. The fourth-order valence-electron chi connectivity index (χ4n) is 3.19. The molecule has 0 spiro atoms. The van der Waals surface area contributed by atoms with Crippen LogP contribution in [-0.2, 0) is 11.3 Å². The molecule has 1 atom stereocenters. The first-order valence-electron chi connectivity index (χ1n) is 8.14. The third-order valence-corrected chi connectivity index (χ3v) is 4.64. The second-order valence-electron chi connectivity index (χ2n) is 6.22. The summed E-state index contributed by atoms with van der Waals surface area (Å²) in [4.78, 5) is 16.9. The van der Waals surface area contributed by atoms with Crippen LogP contribution in [0.5, 0.6) is 0 Å². The lowest BCUT2D eigenvalue weighted by molar-refractivity contribution is 0.0611. The van der Waals surface area contributed by atoms with Gasteiger partial charge in [-0.3, -0.25) is 9.69 Å². The van der Waals surface area contributed by atoms with Gasteiger partial charge in [0.1, 0.15) is 0 Å². The number of piperazine rings is 1. The van der Waals surface area contributed by atoms with Gasteiger partial charge in [0.15, 0.2) is 0 Å². The SMILES string of the molecule is NCc1ccc(C(=O)N2CCN(CC3CCOC3)CC2)cc1. The summed E-state index contributed by atoms with van der Waals surface area (Å²) in [5.41, 5.74) is 7.41. The minimum absolute atomic E-state index is 0.132. The van der Waals surface area contributed by atoms with Gasteiger partial charge in [-0.15, -0.1) is 0 Å². The van der Waals surface area contributed by atoms with E-state index in [9.17, 15) is 4.79 Å². The molecule has 2 saturated heterocycles. The van der Waals surface area contributed by atoms with E-state index in [2.05, 4.69) is 4.90 Å². The van der Waals surface area contributed by atoms with Crippen molar-refractivity contribution in [2.45, 2.75) is 13.0 Å². The van der Waals surface area contributed by atoms with Crippen molar-refractivity contribution in [1.82, 2.24) is 9.80 Å². The molecule has 2 fully saturated rings. The summed E-state index contributed by atoms with van der Waals surface area (Å²) in [7, 11) is 0. The lowest BCUT2D eigenvalue weighted by atomic mass is 10.1. The molecule has 5 heteroatoms. The van der Waals surface area contributed by atoms with Crippen molar-refractivity contribution in [2.75, 3.05) is 45.9 Å². The Kier molecular flexibility index (Phi) is 5.08. The molecular weight excluding hydrogens is 278 g/mol. The van der Waals surface area contributed by atoms with Gasteiger partial charge in [-0.2, -0.15) is 0 Å². The Morgan fingerprint density at radius 1 is 1.18 bits per heavy atom. The maximum Gasteiger partial charge on any atom is 0.253 e. The molecule has 1 unspecified atom stereocenters. The standard InChI is InChI=1S/C17H25N3O2/c18-11-14-1-3-16(4-2-14)17(21)20-8-6-19(7-9-20)12-15-5-10-22-13-15/h1-4,15H,5-13,18H2. The summed E-state index contributed by atoms with van der Waals surface area (Å²) < 4.78 is 5.43. The predicted molar refractivity (Wildman–Crippen MR) is 85.6 cm³/mol. The number of hydrogen-bond donors (Lipinski definition) is 1. The van der Waals surface area contributed by atoms with Crippen molar-refractivity contribution >= 4 is 5.91 Å². The number of rotatable bonds is 4. The predicted octanol–water partition coefficient (Wildman–Crippen LogP) is 0.940.